The number of halogens is 1. The minimum absolute atomic E-state index is 0.513. The fourth-order valence-corrected chi connectivity index (χ4v) is 1.44. The lowest BCUT2D eigenvalue weighted by molar-refractivity contribution is 0.559. The largest absolute Gasteiger partial charge is 0.309 e. The monoisotopic (exact) mass is 231 g/mol. The van der Waals surface area contributed by atoms with Crippen molar-refractivity contribution in [2.45, 2.75) is 26.4 Å². The molecule has 3 nitrogen and oxygen atoms in total. The van der Waals surface area contributed by atoms with Crippen LogP contribution in [0, 0.1) is 0 Å². The Morgan fingerprint density at radius 1 is 1.67 bits per heavy atom. The van der Waals surface area contributed by atoms with Gasteiger partial charge in [-0.25, -0.2) is 0 Å². The summed E-state index contributed by atoms with van der Waals surface area (Å²) in [7, 11) is 1.95. The third kappa shape index (κ3) is 2.60. The molecule has 0 spiro atoms. The van der Waals surface area contributed by atoms with Crippen LogP contribution in [-0.2, 0) is 13.6 Å². The summed E-state index contributed by atoms with van der Waals surface area (Å²) in [4.78, 5) is 0. The molecule has 0 aliphatic rings. The van der Waals surface area contributed by atoms with E-state index >= 15 is 0 Å². The highest BCUT2D eigenvalue weighted by Crippen LogP contribution is 2.08. The van der Waals surface area contributed by atoms with Crippen molar-refractivity contribution in [2.75, 3.05) is 0 Å². The molecule has 0 saturated heterocycles. The van der Waals surface area contributed by atoms with Gasteiger partial charge in [-0.05, 0) is 22.0 Å². The fraction of sp³-hybridized carbons (Fsp3) is 0.625. The van der Waals surface area contributed by atoms with E-state index in [-0.39, 0.29) is 0 Å². The summed E-state index contributed by atoms with van der Waals surface area (Å²) >= 11 is 3.33. The van der Waals surface area contributed by atoms with Crippen molar-refractivity contribution in [3.8, 4) is 0 Å². The third-order valence-electron chi connectivity index (χ3n) is 1.64. The normalized spacial score (nSPS) is 11.1. The molecule has 1 heterocycles. The Hall–Kier alpha value is -0.350. The smallest absolute Gasteiger partial charge is 0.128 e. The van der Waals surface area contributed by atoms with E-state index in [1.807, 2.05) is 17.8 Å². The van der Waals surface area contributed by atoms with Gasteiger partial charge in [-0.3, -0.25) is 4.68 Å². The van der Waals surface area contributed by atoms with Gasteiger partial charge in [-0.1, -0.05) is 13.8 Å². The van der Waals surface area contributed by atoms with Gasteiger partial charge in [-0.2, -0.15) is 5.10 Å². The van der Waals surface area contributed by atoms with Gasteiger partial charge in [0.2, 0.25) is 0 Å². The summed E-state index contributed by atoms with van der Waals surface area (Å²) in [6, 6.07) is 2.54. The van der Waals surface area contributed by atoms with Crippen LogP contribution in [0.5, 0.6) is 0 Å². The number of nitrogens with zero attached hydrogens (tertiary/aromatic N) is 2. The molecule has 0 unspecified atom stereocenters. The van der Waals surface area contributed by atoms with E-state index in [0.29, 0.717) is 6.04 Å². The lowest BCUT2D eigenvalue weighted by Crippen LogP contribution is -2.23. The van der Waals surface area contributed by atoms with Gasteiger partial charge >= 0.3 is 0 Å². The molecule has 0 radical (unpaired) electrons. The summed E-state index contributed by atoms with van der Waals surface area (Å²) in [6.45, 7) is 5.13. The van der Waals surface area contributed by atoms with Gasteiger partial charge in [-0.15, -0.1) is 0 Å². The molecule has 1 aromatic heterocycles. The van der Waals surface area contributed by atoms with Gasteiger partial charge in [0.15, 0.2) is 0 Å². The maximum Gasteiger partial charge on any atom is 0.128 e. The molecule has 4 heteroatoms. The van der Waals surface area contributed by atoms with Crippen molar-refractivity contribution in [1.82, 2.24) is 15.1 Å². The molecule has 0 aromatic carbocycles. The average molecular weight is 232 g/mol. The molecular weight excluding hydrogens is 218 g/mol. The second-order valence-electron chi connectivity index (χ2n) is 3.12. The molecule has 0 amide bonds. The van der Waals surface area contributed by atoms with E-state index < -0.39 is 0 Å². The van der Waals surface area contributed by atoms with Gasteiger partial charge in [0.05, 0.1) is 5.69 Å². The van der Waals surface area contributed by atoms with Gasteiger partial charge in [0.1, 0.15) is 4.60 Å². The maximum absolute atomic E-state index is 4.18. The Morgan fingerprint density at radius 3 is 2.75 bits per heavy atom. The van der Waals surface area contributed by atoms with Crippen LogP contribution < -0.4 is 5.32 Å². The quantitative estimate of drug-likeness (QED) is 0.859. The molecule has 1 rings (SSSR count). The Labute approximate surface area is 81.3 Å². The summed E-state index contributed by atoms with van der Waals surface area (Å²) < 4.78 is 2.77. The molecule has 1 aromatic rings. The van der Waals surface area contributed by atoms with Gasteiger partial charge in [0, 0.05) is 19.6 Å². The second kappa shape index (κ2) is 4.05. The highest BCUT2D eigenvalue weighted by atomic mass is 79.9. The molecule has 1 N–H and O–H groups in total. The number of hydrogen-bond acceptors (Lipinski definition) is 2. The van der Waals surface area contributed by atoms with E-state index in [4.69, 9.17) is 0 Å². The van der Waals surface area contributed by atoms with Crippen LogP contribution in [0.4, 0.5) is 0 Å². The van der Waals surface area contributed by atoms with Crippen molar-refractivity contribution in [3.05, 3.63) is 16.4 Å². The molecular formula is C8H14BrN3. The van der Waals surface area contributed by atoms with E-state index in [2.05, 4.69) is 40.2 Å². The number of nitrogens with one attached hydrogen (secondary N) is 1. The number of aromatic nitrogens is 2. The minimum atomic E-state index is 0.513. The Bertz CT molecular complexity index is 255. The zero-order valence-electron chi connectivity index (χ0n) is 7.63. The van der Waals surface area contributed by atoms with E-state index in [1.54, 1.807) is 0 Å². The number of aryl methyl sites for hydroxylation is 1. The molecule has 68 valence electrons. The second-order valence-corrected chi connectivity index (χ2v) is 3.93. The lowest BCUT2D eigenvalue weighted by Gasteiger charge is -2.07. The molecule has 0 fully saturated rings. The minimum Gasteiger partial charge on any atom is -0.309 e. The topological polar surface area (TPSA) is 29.9 Å². The molecule has 0 aliphatic carbocycles. The predicted octanol–water partition coefficient (Wildman–Crippen LogP) is 1.68. The van der Waals surface area contributed by atoms with Crippen molar-refractivity contribution < 1.29 is 0 Å². The third-order valence-corrected chi connectivity index (χ3v) is 2.03. The summed E-state index contributed by atoms with van der Waals surface area (Å²) in [5.74, 6) is 0. The lowest BCUT2D eigenvalue weighted by atomic mass is 10.3. The highest BCUT2D eigenvalue weighted by Gasteiger charge is 2.02. The van der Waals surface area contributed by atoms with E-state index in [9.17, 15) is 0 Å². The van der Waals surface area contributed by atoms with Gasteiger partial charge < -0.3 is 5.32 Å². The van der Waals surface area contributed by atoms with Gasteiger partial charge in [0.25, 0.3) is 0 Å². The highest BCUT2D eigenvalue weighted by molar-refractivity contribution is 9.10. The van der Waals surface area contributed by atoms with Crippen LogP contribution in [0.2, 0.25) is 0 Å². The predicted molar refractivity (Wildman–Crippen MR) is 52.9 cm³/mol. The maximum atomic E-state index is 4.18. The van der Waals surface area contributed by atoms with Crippen LogP contribution in [0.15, 0.2) is 10.7 Å². The zero-order chi connectivity index (χ0) is 9.14. The van der Waals surface area contributed by atoms with Crippen molar-refractivity contribution in [3.63, 3.8) is 0 Å². The van der Waals surface area contributed by atoms with Crippen LogP contribution in [0.1, 0.15) is 19.5 Å². The first kappa shape index (κ1) is 9.74. The zero-order valence-corrected chi connectivity index (χ0v) is 9.22. The molecule has 0 bridgehead atoms. The number of rotatable bonds is 3. The molecule has 0 atom stereocenters. The van der Waals surface area contributed by atoms with Crippen LogP contribution >= 0.6 is 15.9 Å². The first-order valence-corrected chi connectivity index (χ1v) is 4.80. The SMILES string of the molecule is CC(C)NCc1cc(Br)nn1C. The molecule has 0 saturated carbocycles. The number of hydrogen-bond donors (Lipinski definition) is 1. The van der Waals surface area contributed by atoms with Crippen LogP contribution in [0.25, 0.3) is 0 Å². The summed E-state index contributed by atoms with van der Waals surface area (Å²) in [6.07, 6.45) is 0. The summed E-state index contributed by atoms with van der Waals surface area (Å²) in [5, 5.41) is 7.52. The van der Waals surface area contributed by atoms with Crippen LogP contribution in [-0.4, -0.2) is 15.8 Å². The van der Waals surface area contributed by atoms with Crippen molar-refractivity contribution in [2.24, 2.45) is 7.05 Å². The first-order valence-electron chi connectivity index (χ1n) is 4.01. The van der Waals surface area contributed by atoms with E-state index in [1.165, 1.54) is 5.69 Å². The fourth-order valence-electron chi connectivity index (χ4n) is 0.941. The Kier molecular flexibility index (Phi) is 3.29. The first-order chi connectivity index (χ1) is 5.59. The van der Waals surface area contributed by atoms with Crippen LogP contribution in [0.3, 0.4) is 0 Å². The molecule has 0 aliphatic heterocycles. The standard InChI is InChI=1S/C8H14BrN3/c1-6(2)10-5-7-4-8(9)11-12(7)3/h4,6,10H,5H2,1-3H3. The Balaban J connectivity index is 2.57. The van der Waals surface area contributed by atoms with E-state index in [0.717, 1.165) is 11.1 Å². The average Bonchev–Trinajstić information content (AvgIpc) is 2.26. The Morgan fingerprint density at radius 2 is 2.33 bits per heavy atom. The molecule has 12 heavy (non-hydrogen) atoms. The van der Waals surface area contributed by atoms with Crippen molar-refractivity contribution in [1.29, 1.82) is 0 Å². The van der Waals surface area contributed by atoms with Crippen molar-refractivity contribution >= 4 is 15.9 Å². The summed E-state index contributed by atoms with van der Waals surface area (Å²) in [5.41, 5.74) is 1.19.